The molecule has 0 bridgehead atoms. The Balaban J connectivity index is 3.61. The number of aliphatic carboxylic acids is 1. The van der Waals surface area contributed by atoms with Gasteiger partial charge >= 0.3 is 5.97 Å². The summed E-state index contributed by atoms with van der Waals surface area (Å²) >= 11 is 0. The van der Waals surface area contributed by atoms with Crippen molar-refractivity contribution in [2.45, 2.75) is 12.8 Å². The van der Waals surface area contributed by atoms with Crippen LogP contribution >= 0.6 is 0 Å². The van der Waals surface area contributed by atoms with Crippen molar-refractivity contribution in [3.63, 3.8) is 0 Å². The average Bonchev–Trinajstić information content (AvgIpc) is 1.87. The van der Waals surface area contributed by atoms with Crippen LogP contribution < -0.4 is 5.73 Å². The van der Waals surface area contributed by atoms with Gasteiger partial charge in [0.2, 0.25) is 0 Å². The summed E-state index contributed by atoms with van der Waals surface area (Å²) in [6.07, 6.45) is 0.572. The number of hydrogen-bond donors (Lipinski definition) is 3. The Labute approximate surface area is 59.7 Å². The SMILES string of the molecule is NCC[C](CCO)C(=O)O. The number of hydrogen-bond acceptors (Lipinski definition) is 3. The lowest BCUT2D eigenvalue weighted by Crippen LogP contribution is -2.16. The van der Waals surface area contributed by atoms with Gasteiger partial charge in [0.1, 0.15) is 0 Å². The van der Waals surface area contributed by atoms with E-state index >= 15 is 0 Å². The van der Waals surface area contributed by atoms with Gasteiger partial charge in [-0.2, -0.15) is 0 Å². The largest absolute Gasteiger partial charge is 0.481 e. The van der Waals surface area contributed by atoms with Gasteiger partial charge < -0.3 is 15.9 Å². The molecule has 0 spiro atoms. The van der Waals surface area contributed by atoms with Gasteiger partial charge in [0.25, 0.3) is 0 Å². The number of rotatable bonds is 5. The number of aliphatic hydroxyl groups is 1. The highest BCUT2D eigenvalue weighted by Crippen LogP contribution is 2.08. The van der Waals surface area contributed by atoms with Crippen LogP contribution in [0, 0.1) is 5.92 Å². The molecule has 0 aromatic carbocycles. The minimum absolute atomic E-state index is 0.123. The van der Waals surface area contributed by atoms with Gasteiger partial charge in [-0.15, -0.1) is 0 Å². The lowest BCUT2D eigenvalue weighted by Gasteiger charge is -2.06. The first-order valence-electron chi connectivity index (χ1n) is 3.11. The molecule has 4 heteroatoms. The second kappa shape index (κ2) is 5.20. The maximum atomic E-state index is 10.3. The number of carboxylic acid groups (broad SMARTS) is 1. The van der Waals surface area contributed by atoms with E-state index in [1.54, 1.807) is 0 Å². The molecule has 0 heterocycles. The molecule has 0 aromatic rings. The number of carbonyl (C=O) groups is 1. The second-order valence-corrected chi connectivity index (χ2v) is 1.92. The fourth-order valence-corrected chi connectivity index (χ4v) is 0.648. The van der Waals surface area contributed by atoms with Gasteiger partial charge in [-0.3, -0.25) is 4.79 Å². The van der Waals surface area contributed by atoms with Crippen molar-refractivity contribution < 1.29 is 15.0 Å². The summed E-state index contributed by atoms with van der Waals surface area (Å²) in [4.78, 5) is 10.3. The van der Waals surface area contributed by atoms with Crippen LogP contribution in [0.5, 0.6) is 0 Å². The molecule has 59 valence electrons. The van der Waals surface area contributed by atoms with Crippen LogP contribution in [-0.2, 0) is 4.79 Å². The first-order chi connectivity index (χ1) is 4.72. The predicted octanol–water partition coefficient (Wildman–Crippen LogP) is -0.623. The smallest absolute Gasteiger partial charge is 0.310 e. The van der Waals surface area contributed by atoms with Gasteiger partial charge in [0, 0.05) is 6.61 Å². The molecule has 0 aromatic heterocycles. The van der Waals surface area contributed by atoms with Crippen LogP contribution in [0.1, 0.15) is 12.8 Å². The molecular weight excluding hydrogens is 134 g/mol. The summed E-state index contributed by atoms with van der Waals surface area (Å²) in [6, 6.07) is 0. The first kappa shape index (κ1) is 9.39. The summed E-state index contributed by atoms with van der Waals surface area (Å²) < 4.78 is 0. The van der Waals surface area contributed by atoms with Gasteiger partial charge in [-0.25, -0.2) is 0 Å². The molecule has 0 unspecified atom stereocenters. The lowest BCUT2D eigenvalue weighted by molar-refractivity contribution is -0.135. The normalized spacial score (nSPS) is 10.3. The van der Waals surface area contributed by atoms with Crippen molar-refractivity contribution in [3.8, 4) is 0 Å². The van der Waals surface area contributed by atoms with E-state index in [0.717, 1.165) is 0 Å². The van der Waals surface area contributed by atoms with Crippen molar-refractivity contribution >= 4 is 5.97 Å². The maximum absolute atomic E-state index is 10.3. The molecule has 0 saturated carbocycles. The third-order valence-corrected chi connectivity index (χ3v) is 1.16. The zero-order valence-corrected chi connectivity index (χ0v) is 5.71. The first-order valence-corrected chi connectivity index (χ1v) is 3.11. The molecule has 4 N–H and O–H groups in total. The zero-order valence-electron chi connectivity index (χ0n) is 5.71. The average molecular weight is 146 g/mol. The van der Waals surface area contributed by atoms with Gasteiger partial charge in [-0.05, 0) is 19.4 Å². The van der Waals surface area contributed by atoms with Crippen LogP contribution in [0.25, 0.3) is 0 Å². The lowest BCUT2D eigenvalue weighted by atomic mass is 10.0. The Kier molecular flexibility index (Phi) is 4.88. The van der Waals surface area contributed by atoms with Crippen molar-refractivity contribution in [2.24, 2.45) is 5.73 Å². The van der Waals surface area contributed by atoms with Crippen molar-refractivity contribution in [1.29, 1.82) is 0 Å². The summed E-state index contributed by atoms with van der Waals surface area (Å²) in [5.41, 5.74) is 5.13. The van der Waals surface area contributed by atoms with Crippen molar-refractivity contribution in [2.75, 3.05) is 13.2 Å². The third kappa shape index (κ3) is 3.42. The van der Waals surface area contributed by atoms with Crippen LogP contribution in [0.4, 0.5) is 0 Å². The second-order valence-electron chi connectivity index (χ2n) is 1.92. The van der Waals surface area contributed by atoms with E-state index in [4.69, 9.17) is 15.9 Å². The maximum Gasteiger partial charge on any atom is 0.310 e. The molecule has 0 atom stereocenters. The minimum Gasteiger partial charge on any atom is -0.481 e. The van der Waals surface area contributed by atoms with E-state index in [0.29, 0.717) is 18.9 Å². The predicted molar refractivity (Wildman–Crippen MR) is 36.3 cm³/mol. The topological polar surface area (TPSA) is 83.5 Å². The fraction of sp³-hybridized carbons (Fsp3) is 0.667. The van der Waals surface area contributed by atoms with E-state index in [1.165, 1.54) is 0 Å². The fourth-order valence-electron chi connectivity index (χ4n) is 0.648. The Morgan fingerprint density at radius 3 is 2.30 bits per heavy atom. The van der Waals surface area contributed by atoms with Crippen LogP contribution in [-0.4, -0.2) is 29.3 Å². The van der Waals surface area contributed by atoms with Gasteiger partial charge in [0.05, 0.1) is 5.92 Å². The quantitative estimate of drug-likeness (QED) is 0.482. The van der Waals surface area contributed by atoms with E-state index in [-0.39, 0.29) is 13.0 Å². The summed E-state index contributed by atoms with van der Waals surface area (Å²) in [6.45, 7) is 0.198. The standard InChI is InChI=1S/C6H12NO3/c7-3-1-5(2-4-8)6(9)10/h8H,1-4,7H2,(H,9,10). The minimum atomic E-state index is -0.959. The molecule has 4 nitrogen and oxygen atoms in total. The molecule has 0 fully saturated rings. The molecule has 0 aliphatic carbocycles. The number of aliphatic hydroxyl groups excluding tert-OH is 1. The van der Waals surface area contributed by atoms with Gasteiger partial charge in [-0.1, -0.05) is 0 Å². The van der Waals surface area contributed by atoms with E-state index in [2.05, 4.69) is 0 Å². The molecule has 1 radical (unpaired) electrons. The molecular formula is C6H12NO3. The molecule has 0 saturated heterocycles. The molecule has 0 aliphatic heterocycles. The third-order valence-electron chi connectivity index (χ3n) is 1.16. The summed E-state index contributed by atoms with van der Waals surface area (Å²) in [5, 5.41) is 16.8. The Hall–Kier alpha value is -0.610. The van der Waals surface area contributed by atoms with E-state index < -0.39 is 5.97 Å². The van der Waals surface area contributed by atoms with Crippen molar-refractivity contribution in [3.05, 3.63) is 5.92 Å². The van der Waals surface area contributed by atoms with E-state index in [9.17, 15) is 4.79 Å². The highest BCUT2D eigenvalue weighted by Gasteiger charge is 2.15. The Bertz CT molecular complexity index is 99.2. The Morgan fingerprint density at radius 1 is 1.40 bits per heavy atom. The monoisotopic (exact) mass is 146 g/mol. The highest BCUT2D eigenvalue weighted by molar-refractivity contribution is 5.82. The van der Waals surface area contributed by atoms with Crippen LogP contribution in [0.3, 0.4) is 0 Å². The highest BCUT2D eigenvalue weighted by atomic mass is 16.4. The summed E-state index contributed by atoms with van der Waals surface area (Å²) in [7, 11) is 0. The zero-order chi connectivity index (χ0) is 7.98. The van der Waals surface area contributed by atoms with E-state index in [1.807, 2.05) is 0 Å². The van der Waals surface area contributed by atoms with Crippen molar-refractivity contribution in [1.82, 2.24) is 0 Å². The summed E-state index contributed by atoms with van der Waals surface area (Å²) in [5.74, 6) is -0.662. The Morgan fingerprint density at radius 2 is 2.00 bits per heavy atom. The number of nitrogens with two attached hydrogens (primary N) is 1. The molecule has 10 heavy (non-hydrogen) atoms. The van der Waals surface area contributed by atoms with Crippen LogP contribution in [0.15, 0.2) is 0 Å². The van der Waals surface area contributed by atoms with Gasteiger partial charge in [0.15, 0.2) is 0 Å². The number of carboxylic acids is 1. The molecule has 0 rings (SSSR count). The molecule has 0 aliphatic rings. The molecule has 0 amide bonds. The van der Waals surface area contributed by atoms with Crippen LogP contribution in [0.2, 0.25) is 0 Å².